The van der Waals surface area contributed by atoms with Gasteiger partial charge in [0.1, 0.15) is 0 Å². The van der Waals surface area contributed by atoms with Crippen molar-refractivity contribution >= 4 is 36.0 Å². The summed E-state index contributed by atoms with van der Waals surface area (Å²) in [6.45, 7) is 8.74. The van der Waals surface area contributed by atoms with Crippen molar-refractivity contribution in [3.05, 3.63) is 84.9 Å². The van der Waals surface area contributed by atoms with E-state index in [0.29, 0.717) is 0 Å². The van der Waals surface area contributed by atoms with E-state index in [0.717, 1.165) is 0 Å². The minimum absolute atomic E-state index is 1.20. The fourth-order valence-corrected chi connectivity index (χ4v) is 26.1. The van der Waals surface area contributed by atoms with Gasteiger partial charge >= 0.3 is 147 Å². The fourth-order valence-electron chi connectivity index (χ4n) is 2.73. The SMILES string of the molecule is C=[C](c1ccccc1)[Ge]([CH3])([CH3])[O][Ge]([CH3])([CH3])[C](=C)c1ccccc1. The van der Waals surface area contributed by atoms with Crippen LogP contribution in [0.2, 0.25) is 23.0 Å². The molecule has 0 aromatic heterocycles. The van der Waals surface area contributed by atoms with Crippen molar-refractivity contribution in [2.75, 3.05) is 0 Å². The van der Waals surface area contributed by atoms with E-state index in [9.17, 15) is 0 Å². The average molecular weight is 428 g/mol. The molecule has 0 radical (unpaired) electrons. The van der Waals surface area contributed by atoms with Gasteiger partial charge in [-0.3, -0.25) is 0 Å². The summed E-state index contributed by atoms with van der Waals surface area (Å²) in [6.07, 6.45) is 0. The molecule has 0 aliphatic carbocycles. The molecular weight excluding hydrogens is 401 g/mol. The van der Waals surface area contributed by atoms with Gasteiger partial charge in [-0.15, -0.1) is 0 Å². The van der Waals surface area contributed by atoms with Gasteiger partial charge in [0.2, 0.25) is 0 Å². The Morgan fingerprint density at radius 1 is 0.652 bits per heavy atom. The molecule has 2 aromatic carbocycles. The molecule has 0 saturated heterocycles. The van der Waals surface area contributed by atoms with E-state index in [4.69, 9.17) is 2.79 Å². The van der Waals surface area contributed by atoms with Gasteiger partial charge in [-0.25, -0.2) is 0 Å². The third-order valence-corrected chi connectivity index (χ3v) is 24.8. The Hall–Kier alpha value is -1.03. The molecule has 0 atom stereocenters. The van der Waals surface area contributed by atoms with E-state index in [2.05, 4.69) is 84.7 Å². The predicted molar refractivity (Wildman–Crippen MR) is 107 cm³/mol. The first kappa shape index (κ1) is 18.3. The normalized spacial score (nSPS) is 12.0. The molecule has 0 fully saturated rings. The Morgan fingerprint density at radius 2 is 0.957 bits per heavy atom. The number of benzene rings is 2. The first-order chi connectivity index (χ1) is 10.7. The van der Waals surface area contributed by atoms with Gasteiger partial charge in [-0.2, -0.15) is 0 Å². The van der Waals surface area contributed by atoms with Crippen molar-refractivity contribution in [3.8, 4) is 0 Å². The van der Waals surface area contributed by atoms with Crippen molar-refractivity contribution in [3.63, 3.8) is 0 Å². The van der Waals surface area contributed by atoms with Crippen LogP contribution in [-0.2, 0) is 2.79 Å². The summed E-state index contributed by atoms with van der Waals surface area (Å²) in [5.74, 6) is 9.17. The van der Waals surface area contributed by atoms with Crippen molar-refractivity contribution in [2.45, 2.75) is 23.0 Å². The van der Waals surface area contributed by atoms with Crippen LogP contribution in [0.25, 0.3) is 8.81 Å². The third-order valence-electron chi connectivity index (χ3n) is 4.21. The summed E-state index contributed by atoms with van der Waals surface area (Å²) in [5, 5.41) is 0. The molecule has 1 nitrogen and oxygen atoms in total. The summed E-state index contributed by atoms with van der Waals surface area (Å²) >= 11 is -5.25. The molecule has 0 amide bonds. The van der Waals surface area contributed by atoms with E-state index < -0.39 is 27.2 Å². The van der Waals surface area contributed by atoms with Gasteiger partial charge < -0.3 is 0 Å². The van der Waals surface area contributed by atoms with Crippen LogP contribution in [0.1, 0.15) is 11.1 Å². The molecule has 0 saturated carbocycles. The van der Waals surface area contributed by atoms with Gasteiger partial charge in [-0.05, 0) is 0 Å². The molecule has 2 rings (SSSR count). The molecule has 23 heavy (non-hydrogen) atoms. The quantitative estimate of drug-likeness (QED) is 0.520. The summed E-state index contributed by atoms with van der Waals surface area (Å²) in [4.78, 5) is 0. The molecule has 0 aliphatic rings. The van der Waals surface area contributed by atoms with E-state index in [1.807, 2.05) is 12.1 Å². The Balaban J connectivity index is 2.21. The Kier molecular flexibility index (Phi) is 5.77. The number of rotatable bonds is 6. The van der Waals surface area contributed by atoms with Gasteiger partial charge in [0.25, 0.3) is 0 Å². The van der Waals surface area contributed by atoms with Gasteiger partial charge in [-0.1, -0.05) is 0 Å². The zero-order valence-electron chi connectivity index (χ0n) is 14.6. The maximum atomic E-state index is 6.83. The zero-order chi connectivity index (χ0) is 17.1. The van der Waals surface area contributed by atoms with E-state index in [1.165, 1.54) is 19.9 Å². The molecular formula is C20H26Ge2O. The van der Waals surface area contributed by atoms with Crippen LogP contribution in [-0.4, -0.2) is 27.2 Å². The van der Waals surface area contributed by atoms with Crippen LogP contribution in [0.3, 0.4) is 0 Å². The van der Waals surface area contributed by atoms with Gasteiger partial charge in [0.15, 0.2) is 0 Å². The summed E-state index contributed by atoms with van der Waals surface area (Å²) in [6, 6.07) is 20.9. The first-order valence-electron chi connectivity index (χ1n) is 7.94. The molecule has 0 aliphatic heterocycles. The second-order valence-electron chi connectivity index (χ2n) is 6.81. The van der Waals surface area contributed by atoms with Crippen molar-refractivity contribution < 1.29 is 2.79 Å². The second kappa shape index (κ2) is 7.24. The standard InChI is InChI=1S/C20H26Ge2O/c1-17(19-13-9-7-10-14-19)21(3,4)23-22(5,6)18(2)20-15-11-8-12-16-20/h7-16H,1-2H2,3-6H3. The zero-order valence-corrected chi connectivity index (χ0v) is 18.8. The number of hydrogen-bond donors (Lipinski definition) is 0. The van der Waals surface area contributed by atoms with E-state index >= 15 is 0 Å². The average Bonchev–Trinajstić information content (AvgIpc) is 2.54. The Labute approximate surface area is 146 Å². The second-order valence-corrected chi connectivity index (χ2v) is 24.7. The molecule has 0 unspecified atom stereocenters. The van der Waals surface area contributed by atoms with Crippen molar-refractivity contribution in [1.29, 1.82) is 0 Å². The first-order valence-corrected chi connectivity index (χ1v) is 20.1. The fraction of sp³-hybridized carbons (Fsp3) is 0.200. The van der Waals surface area contributed by atoms with Gasteiger partial charge in [0.05, 0.1) is 0 Å². The van der Waals surface area contributed by atoms with Crippen LogP contribution >= 0.6 is 0 Å². The Bertz CT molecular complexity index is 627. The minimum atomic E-state index is -2.62. The summed E-state index contributed by atoms with van der Waals surface area (Å²) < 4.78 is 9.23. The summed E-state index contributed by atoms with van der Waals surface area (Å²) in [5.41, 5.74) is 2.42. The van der Waals surface area contributed by atoms with E-state index in [-0.39, 0.29) is 0 Å². The van der Waals surface area contributed by atoms with Crippen LogP contribution < -0.4 is 0 Å². The summed E-state index contributed by atoms with van der Waals surface area (Å²) in [7, 11) is 0. The van der Waals surface area contributed by atoms with Crippen LogP contribution in [0.15, 0.2) is 73.8 Å². The molecule has 2 aromatic rings. The molecule has 120 valence electrons. The third kappa shape index (κ3) is 4.49. The molecule has 0 spiro atoms. The Morgan fingerprint density at radius 3 is 1.26 bits per heavy atom. The monoisotopic (exact) mass is 430 g/mol. The van der Waals surface area contributed by atoms with Crippen LogP contribution in [0.4, 0.5) is 0 Å². The molecule has 0 heterocycles. The molecule has 0 bridgehead atoms. The number of hydrogen-bond acceptors (Lipinski definition) is 1. The van der Waals surface area contributed by atoms with Crippen molar-refractivity contribution in [2.24, 2.45) is 0 Å². The van der Waals surface area contributed by atoms with Gasteiger partial charge in [0, 0.05) is 0 Å². The maximum absolute atomic E-state index is 6.83. The molecule has 0 N–H and O–H groups in total. The van der Waals surface area contributed by atoms with Crippen LogP contribution in [0, 0.1) is 0 Å². The van der Waals surface area contributed by atoms with Crippen LogP contribution in [0.5, 0.6) is 0 Å². The molecule has 3 heteroatoms. The topological polar surface area (TPSA) is 9.23 Å². The predicted octanol–water partition coefficient (Wildman–Crippen LogP) is 5.92. The van der Waals surface area contributed by atoms with Crippen molar-refractivity contribution in [1.82, 2.24) is 0 Å². The van der Waals surface area contributed by atoms with E-state index in [1.54, 1.807) is 0 Å².